The third-order valence-electron chi connectivity index (χ3n) is 4.63. The summed E-state index contributed by atoms with van der Waals surface area (Å²) >= 11 is 3.40. The molecule has 29 heavy (non-hydrogen) atoms. The molecule has 5 aromatic rings. The first-order valence-corrected chi connectivity index (χ1v) is 9.77. The van der Waals surface area contributed by atoms with E-state index in [0.717, 1.165) is 20.8 Å². The number of aromatic nitrogens is 2. The van der Waals surface area contributed by atoms with Gasteiger partial charge in [-0.2, -0.15) is 0 Å². The lowest BCUT2D eigenvalue weighted by Gasteiger charge is -2.08. The van der Waals surface area contributed by atoms with E-state index in [4.69, 9.17) is 4.42 Å². The van der Waals surface area contributed by atoms with E-state index >= 15 is 0 Å². The van der Waals surface area contributed by atoms with Crippen molar-refractivity contribution in [2.24, 2.45) is 0 Å². The zero-order valence-corrected chi connectivity index (χ0v) is 16.7. The lowest BCUT2D eigenvalue weighted by Crippen LogP contribution is -2.12. The number of anilines is 1. The maximum absolute atomic E-state index is 12.9. The van der Waals surface area contributed by atoms with E-state index in [1.165, 1.54) is 0 Å². The Morgan fingerprint density at radius 2 is 1.83 bits per heavy atom. The first-order chi connectivity index (χ1) is 14.2. The fourth-order valence-corrected chi connectivity index (χ4v) is 3.64. The number of nitrogens with one attached hydrogen (secondary N) is 1. The first-order valence-electron chi connectivity index (χ1n) is 8.98. The van der Waals surface area contributed by atoms with Gasteiger partial charge in [0.05, 0.1) is 5.56 Å². The minimum atomic E-state index is -0.166. The molecule has 140 valence electrons. The summed E-state index contributed by atoms with van der Waals surface area (Å²) in [6.45, 7) is 0. The number of rotatable bonds is 3. The van der Waals surface area contributed by atoms with Crippen molar-refractivity contribution in [1.82, 2.24) is 9.97 Å². The van der Waals surface area contributed by atoms with Gasteiger partial charge in [0.25, 0.3) is 5.91 Å². The van der Waals surface area contributed by atoms with Crippen LogP contribution in [-0.2, 0) is 0 Å². The van der Waals surface area contributed by atoms with Gasteiger partial charge in [-0.15, -0.1) is 0 Å². The summed E-state index contributed by atoms with van der Waals surface area (Å²) < 4.78 is 6.67. The summed E-state index contributed by atoms with van der Waals surface area (Å²) in [4.78, 5) is 21.5. The van der Waals surface area contributed by atoms with Crippen LogP contribution in [0, 0.1) is 0 Å². The van der Waals surface area contributed by atoms with E-state index in [2.05, 4.69) is 31.2 Å². The van der Waals surface area contributed by atoms with Crippen LogP contribution in [0.1, 0.15) is 10.4 Å². The number of carbonyl (C=O) groups excluding carboxylic acids is 1. The highest BCUT2D eigenvalue weighted by atomic mass is 79.9. The third kappa shape index (κ3) is 3.39. The Labute approximate surface area is 174 Å². The minimum Gasteiger partial charge on any atom is -0.436 e. The van der Waals surface area contributed by atoms with Gasteiger partial charge < -0.3 is 9.73 Å². The molecule has 0 aliphatic rings. The predicted molar refractivity (Wildman–Crippen MR) is 117 cm³/mol. The van der Waals surface area contributed by atoms with E-state index in [0.29, 0.717) is 28.2 Å². The number of benzene rings is 3. The van der Waals surface area contributed by atoms with Crippen LogP contribution < -0.4 is 5.32 Å². The average molecular weight is 444 g/mol. The van der Waals surface area contributed by atoms with E-state index in [1.807, 2.05) is 48.5 Å². The Morgan fingerprint density at radius 3 is 2.72 bits per heavy atom. The molecule has 1 amide bonds. The molecular formula is C23H14BrN3O2. The Bertz CT molecular complexity index is 1370. The zero-order valence-electron chi connectivity index (χ0n) is 15.1. The van der Waals surface area contributed by atoms with Gasteiger partial charge in [-0.1, -0.05) is 36.4 Å². The Kier molecular flexibility index (Phi) is 4.33. The molecule has 0 fully saturated rings. The molecule has 3 aromatic carbocycles. The van der Waals surface area contributed by atoms with Gasteiger partial charge in [0, 0.05) is 28.1 Å². The molecule has 5 rings (SSSR count). The number of halogens is 1. The van der Waals surface area contributed by atoms with E-state index in [-0.39, 0.29) is 5.91 Å². The van der Waals surface area contributed by atoms with Crippen molar-refractivity contribution in [3.8, 4) is 11.5 Å². The lowest BCUT2D eigenvalue weighted by molar-refractivity contribution is 0.102. The molecule has 0 radical (unpaired) electrons. The number of nitrogens with zero attached hydrogens (tertiary/aromatic N) is 2. The van der Waals surface area contributed by atoms with Gasteiger partial charge >= 0.3 is 0 Å². The van der Waals surface area contributed by atoms with Gasteiger partial charge in [-0.3, -0.25) is 9.78 Å². The molecule has 0 saturated heterocycles. The van der Waals surface area contributed by atoms with Crippen molar-refractivity contribution in [3.63, 3.8) is 0 Å². The SMILES string of the molecule is O=C(Nc1ccc2oc(-c3cncc(Br)c3)nc2c1)c1cccc2ccccc12. The largest absolute Gasteiger partial charge is 0.436 e. The number of fused-ring (bicyclic) bond motifs is 2. The van der Waals surface area contributed by atoms with E-state index in [9.17, 15) is 4.79 Å². The summed E-state index contributed by atoms with van der Waals surface area (Å²) in [6.07, 6.45) is 3.39. The molecule has 0 unspecified atom stereocenters. The molecular weight excluding hydrogens is 430 g/mol. The van der Waals surface area contributed by atoms with Crippen LogP contribution in [0.3, 0.4) is 0 Å². The maximum atomic E-state index is 12.9. The molecule has 1 N–H and O–H groups in total. The third-order valence-corrected chi connectivity index (χ3v) is 5.07. The highest BCUT2D eigenvalue weighted by Crippen LogP contribution is 2.28. The number of amides is 1. The van der Waals surface area contributed by atoms with Gasteiger partial charge in [-0.05, 0) is 57.0 Å². The summed E-state index contributed by atoms with van der Waals surface area (Å²) in [5.41, 5.74) is 3.36. The van der Waals surface area contributed by atoms with Gasteiger partial charge in [0.1, 0.15) is 5.52 Å². The predicted octanol–water partition coefficient (Wildman–Crippen LogP) is 6.06. The first kappa shape index (κ1) is 17.6. The van der Waals surface area contributed by atoms with Crippen LogP contribution >= 0.6 is 15.9 Å². The van der Waals surface area contributed by atoms with Crippen molar-refractivity contribution in [2.45, 2.75) is 0 Å². The molecule has 2 heterocycles. The van der Waals surface area contributed by atoms with Crippen molar-refractivity contribution in [3.05, 3.63) is 89.2 Å². The quantitative estimate of drug-likeness (QED) is 0.368. The molecule has 0 atom stereocenters. The fraction of sp³-hybridized carbons (Fsp3) is 0. The standard InChI is InChI=1S/C23H14BrN3O2/c24-16-10-15(12-25-13-16)23-27-20-11-17(8-9-21(20)29-23)26-22(28)19-7-3-5-14-4-1-2-6-18(14)19/h1-13H,(H,26,28). The van der Waals surface area contributed by atoms with Gasteiger partial charge in [0.2, 0.25) is 5.89 Å². The summed E-state index contributed by atoms with van der Waals surface area (Å²) in [7, 11) is 0. The molecule has 0 aliphatic heterocycles. The summed E-state index contributed by atoms with van der Waals surface area (Å²) in [5.74, 6) is 0.312. The number of oxazole rings is 1. The molecule has 5 nitrogen and oxygen atoms in total. The molecule has 0 saturated carbocycles. The molecule has 2 aromatic heterocycles. The normalized spacial score (nSPS) is 11.1. The Hall–Kier alpha value is -3.51. The van der Waals surface area contributed by atoms with Crippen LogP contribution in [0.4, 0.5) is 5.69 Å². The maximum Gasteiger partial charge on any atom is 0.256 e. The Balaban J connectivity index is 1.47. The van der Waals surface area contributed by atoms with Crippen LogP contribution in [-0.4, -0.2) is 15.9 Å². The van der Waals surface area contributed by atoms with E-state index < -0.39 is 0 Å². The highest BCUT2D eigenvalue weighted by molar-refractivity contribution is 9.10. The van der Waals surface area contributed by atoms with Crippen LogP contribution in [0.15, 0.2) is 88.0 Å². The monoisotopic (exact) mass is 443 g/mol. The number of pyridine rings is 1. The van der Waals surface area contributed by atoms with Crippen molar-refractivity contribution < 1.29 is 9.21 Å². The summed E-state index contributed by atoms with van der Waals surface area (Å²) in [6, 6.07) is 20.8. The molecule has 0 spiro atoms. The molecule has 0 aliphatic carbocycles. The van der Waals surface area contributed by atoms with Crippen molar-refractivity contribution >= 4 is 49.4 Å². The molecule has 6 heteroatoms. The fourth-order valence-electron chi connectivity index (χ4n) is 3.28. The van der Waals surface area contributed by atoms with Crippen molar-refractivity contribution in [2.75, 3.05) is 5.32 Å². The topological polar surface area (TPSA) is 68.0 Å². The van der Waals surface area contributed by atoms with Crippen LogP contribution in [0.5, 0.6) is 0 Å². The van der Waals surface area contributed by atoms with Crippen molar-refractivity contribution in [1.29, 1.82) is 0 Å². The highest BCUT2D eigenvalue weighted by Gasteiger charge is 2.13. The summed E-state index contributed by atoms with van der Waals surface area (Å²) in [5, 5.41) is 4.90. The average Bonchev–Trinajstić information content (AvgIpc) is 3.17. The second-order valence-electron chi connectivity index (χ2n) is 6.57. The number of hydrogen-bond donors (Lipinski definition) is 1. The smallest absolute Gasteiger partial charge is 0.256 e. The van der Waals surface area contributed by atoms with Crippen LogP contribution in [0.2, 0.25) is 0 Å². The van der Waals surface area contributed by atoms with Crippen LogP contribution in [0.25, 0.3) is 33.3 Å². The lowest BCUT2D eigenvalue weighted by atomic mass is 10.0. The van der Waals surface area contributed by atoms with Gasteiger partial charge in [0.15, 0.2) is 5.58 Å². The number of carbonyl (C=O) groups is 1. The second kappa shape index (κ2) is 7.14. The van der Waals surface area contributed by atoms with E-state index in [1.54, 1.807) is 30.6 Å². The Morgan fingerprint density at radius 1 is 0.966 bits per heavy atom. The molecule has 0 bridgehead atoms. The number of hydrogen-bond acceptors (Lipinski definition) is 4. The second-order valence-corrected chi connectivity index (χ2v) is 7.49. The zero-order chi connectivity index (χ0) is 19.8. The van der Waals surface area contributed by atoms with Gasteiger partial charge in [-0.25, -0.2) is 4.98 Å². The minimum absolute atomic E-state index is 0.166.